The topological polar surface area (TPSA) is 60.4 Å². The van der Waals surface area contributed by atoms with Crippen molar-refractivity contribution in [3.8, 4) is 5.75 Å². The summed E-state index contributed by atoms with van der Waals surface area (Å²) in [7, 11) is 5.27. The van der Waals surface area contributed by atoms with Gasteiger partial charge >= 0.3 is 0 Å². The molecule has 1 fully saturated rings. The maximum absolute atomic E-state index is 12.2. The van der Waals surface area contributed by atoms with E-state index in [4.69, 9.17) is 9.73 Å². The molecule has 1 aliphatic rings. The van der Waals surface area contributed by atoms with Gasteiger partial charge in [-0.05, 0) is 43.2 Å². The molecular weight excluding hydrogens is 402 g/mol. The molecular formula is C25H35N5O2. The number of para-hydroxylation sites is 2. The highest BCUT2D eigenvalue weighted by molar-refractivity contribution is 5.94. The Labute approximate surface area is 191 Å². The molecule has 1 saturated heterocycles. The van der Waals surface area contributed by atoms with Crippen LogP contribution in [-0.2, 0) is 6.42 Å². The van der Waals surface area contributed by atoms with Crippen molar-refractivity contribution >= 4 is 17.6 Å². The van der Waals surface area contributed by atoms with Gasteiger partial charge < -0.3 is 24.8 Å². The molecule has 3 rings (SSSR count). The number of hydrogen-bond acceptors (Lipinski definition) is 4. The van der Waals surface area contributed by atoms with E-state index >= 15 is 0 Å². The maximum Gasteiger partial charge on any atom is 0.253 e. The van der Waals surface area contributed by atoms with Crippen LogP contribution in [0.25, 0.3) is 0 Å². The lowest BCUT2D eigenvalue weighted by Gasteiger charge is -2.38. The van der Waals surface area contributed by atoms with Gasteiger partial charge in [0.2, 0.25) is 0 Å². The minimum Gasteiger partial charge on any atom is -0.495 e. The molecule has 0 saturated carbocycles. The number of guanidine groups is 1. The van der Waals surface area contributed by atoms with E-state index in [2.05, 4.69) is 40.2 Å². The van der Waals surface area contributed by atoms with Crippen molar-refractivity contribution in [2.24, 2.45) is 4.99 Å². The number of ether oxygens (including phenoxy) is 1. The molecule has 1 N–H and O–H groups in total. The van der Waals surface area contributed by atoms with Gasteiger partial charge in [-0.15, -0.1) is 0 Å². The molecule has 0 bridgehead atoms. The standard InChI is InChI=1S/C25H35N5O2/c1-5-26-25(27-14-13-20-9-8-10-21(19-20)24(31)28(2)3)30-17-15-29(16-18-30)22-11-6-7-12-23(22)32-4/h6-12,19H,5,13-18H2,1-4H3,(H,26,27). The Morgan fingerprint density at radius 1 is 1.09 bits per heavy atom. The highest BCUT2D eigenvalue weighted by Crippen LogP contribution is 2.28. The van der Waals surface area contributed by atoms with Gasteiger partial charge in [0.15, 0.2) is 5.96 Å². The molecule has 7 heteroatoms. The number of carbonyl (C=O) groups excluding carboxylic acids is 1. The zero-order valence-corrected chi connectivity index (χ0v) is 19.7. The van der Waals surface area contributed by atoms with E-state index in [1.54, 1.807) is 26.1 Å². The molecule has 0 aromatic heterocycles. The van der Waals surface area contributed by atoms with E-state index in [-0.39, 0.29) is 5.91 Å². The Bertz CT molecular complexity index is 920. The summed E-state index contributed by atoms with van der Waals surface area (Å²) in [4.78, 5) is 23.4. The van der Waals surface area contributed by atoms with Crippen LogP contribution in [0, 0.1) is 0 Å². The van der Waals surface area contributed by atoms with Crippen LogP contribution in [-0.4, -0.2) is 82.1 Å². The number of piperazine rings is 1. The van der Waals surface area contributed by atoms with Crippen LogP contribution in [0.2, 0.25) is 0 Å². The molecule has 32 heavy (non-hydrogen) atoms. The molecule has 1 heterocycles. The zero-order valence-electron chi connectivity index (χ0n) is 19.7. The van der Waals surface area contributed by atoms with E-state index in [1.165, 1.54) is 0 Å². The average molecular weight is 438 g/mol. The van der Waals surface area contributed by atoms with Crippen LogP contribution in [0.1, 0.15) is 22.8 Å². The first kappa shape index (κ1) is 23.4. The second-order valence-corrected chi connectivity index (χ2v) is 8.03. The summed E-state index contributed by atoms with van der Waals surface area (Å²) in [6.07, 6.45) is 0.796. The van der Waals surface area contributed by atoms with Crippen LogP contribution in [0.15, 0.2) is 53.5 Å². The van der Waals surface area contributed by atoms with Gasteiger partial charge in [0.25, 0.3) is 5.91 Å². The number of methoxy groups -OCH3 is 1. The number of nitrogens with one attached hydrogen (secondary N) is 1. The van der Waals surface area contributed by atoms with Crippen molar-refractivity contribution in [1.29, 1.82) is 0 Å². The number of carbonyl (C=O) groups is 1. The second kappa shape index (κ2) is 11.4. The first-order valence-corrected chi connectivity index (χ1v) is 11.2. The lowest BCUT2D eigenvalue weighted by molar-refractivity contribution is 0.0827. The van der Waals surface area contributed by atoms with Crippen LogP contribution < -0.4 is 15.0 Å². The van der Waals surface area contributed by atoms with Crippen LogP contribution in [0.3, 0.4) is 0 Å². The second-order valence-electron chi connectivity index (χ2n) is 8.03. The van der Waals surface area contributed by atoms with Crippen LogP contribution >= 0.6 is 0 Å². The van der Waals surface area contributed by atoms with Gasteiger partial charge in [-0.25, -0.2) is 0 Å². The molecule has 1 aliphatic heterocycles. The summed E-state index contributed by atoms with van der Waals surface area (Å²) in [5, 5.41) is 3.43. The molecule has 0 atom stereocenters. The molecule has 0 aliphatic carbocycles. The molecule has 7 nitrogen and oxygen atoms in total. The summed E-state index contributed by atoms with van der Waals surface area (Å²) >= 11 is 0. The fourth-order valence-electron chi connectivity index (χ4n) is 3.88. The van der Waals surface area contributed by atoms with Crippen molar-refractivity contribution < 1.29 is 9.53 Å². The maximum atomic E-state index is 12.2. The minimum atomic E-state index is 0.0246. The van der Waals surface area contributed by atoms with Gasteiger partial charge in [-0.2, -0.15) is 0 Å². The molecule has 0 radical (unpaired) electrons. The van der Waals surface area contributed by atoms with Crippen molar-refractivity contribution in [3.05, 3.63) is 59.7 Å². The fraction of sp³-hybridized carbons (Fsp3) is 0.440. The number of rotatable bonds is 7. The van der Waals surface area contributed by atoms with Crippen molar-refractivity contribution in [3.63, 3.8) is 0 Å². The molecule has 1 amide bonds. The lowest BCUT2D eigenvalue weighted by atomic mass is 10.1. The van der Waals surface area contributed by atoms with Gasteiger partial charge in [0.05, 0.1) is 12.8 Å². The van der Waals surface area contributed by atoms with Gasteiger partial charge in [0.1, 0.15) is 5.75 Å². The largest absolute Gasteiger partial charge is 0.495 e. The molecule has 172 valence electrons. The summed E-state index contributed by atoms with van der Waals surface area (Å²) in [6.45, 7) is 7.23. The normalized spacial score (nSPS) is 14.3. The monoisotopic (exact) mass is 437 g/mol. The zero-order chi connectivity index (χ0) is 22.9. The number of aliphatic imine (C=N–C) groups is 1. The number of benzene rings is 2. The Hall–Kier alpha value is -3.22. The van der Waals surface area contributed by atoms with E-state index in [1.807, 2.05) is 30.3 Å². The van der Waals surface area contributed by atoms with Gasteiger partial charge in [-0.1, -0.05) is 24.3 Å². The first-order valence-electron chi connectivity index (χ1n) is 11.2. The third-order valence-corrected chi connectivity index (χ3v) is 5.58. The predicted molar refractivity (Wildman–Crippen MR) is 131 cm³/mol. The van der Waals surface area contributed by atoms with Gasteiger partial charge in [-0.3, -0.25) is 9.79 Å². The highest BCUT2D eigenvalue weighted by atomic mass is 16.5. The third-order valence-electron chi connectivity index (χ3n) is 5.58. The number of anilines is 1. The summed E-state index contributed by atoms with van der Waals surface area (Å²) in [5.74, 6) is 1.89. The fourth-order valence-corrected chi connectivity index (χ4v) is 3.88. The minimum absolute atomic E-state index is 0.0246. The molecule has 0 spiro atoms. The van der Waals surface area contributed by atoms with E-state index in [0.29, 0.717) is 6.54 Å². The summed E-state index contributed by atoms with van der Waals surface area (Å²) in [5.41, 5.74) is 2.98. The van der Waals surface area contributed by atoms with Crippen molar-refractivity contribution in [2.45, 2.75) is 13.3 Å². The van der Waals surface area contributed by atoms with Gasteiger partial charge in [0, 0.05) is 58.9 Å². The Morgan fingerprint density at radius 2 is 1.84 bits per heavy atom. The third kappa shape index (κ3) is 5.93. The quantitative estimate of drug-likeness (QED) is 0.533. The SMILES string of the molecule is CCNC(=NCCc1cccc(C(=O)N(C)C)c1)N1CCN(c2ccccc2OC)CC1. The Kier molecular flexibility index (Phi) is 8.36. The number of hydrogen-bond donors (Lipinski definition) is 1. The summed E-state index contributed by atoms with van der Waals surface area (Å²) < 4.78 is 5.53. The summed E-state index contributed by atoms with van der Waals surface area (Å²) in [6, 6.07) is 16.0. The average Bonchev–Trinajstić information content (AvgIpc) is 2.83. The van der Waals surface area contributed by atoms with E-state index in [0.717, 1.165) is 67.7 Å². The molecule has 2 aromatic rings. The first-order chi connectivity index (χ1) is 15.5. The Morgan fingerprint density at radius 3 is 2.53 bits per heavy atom. The lowest BCUT2D eigenvalue weighted by Crippen LogP contribution is -2.52. The Balaban J connectivity index is 1.60. The van der Waals surface area contributed by atoms with Crippen LogP contribution in [0.5, 0.6) is 5.75 Å². The van der Waals surface area contributed by atoms with Crippen LogP contribution in [0.4, 0.5) is 5.69 Å². The van der Waals surface area contributed by atoms with Crippen molar-refractivity contribution in [1.82, 2.24) is 15.1 Å². The molecule has 2 aromatic carbocycles. The number of amides is 1. The van der Waals surface area contributed by atoms with E-state index < -0.39 is 0 Å². The predicted octanol–water partition coefficient (Wildman–Crippen LogP) is 2.73. The smallest absolute Gasteiger partial charge is 0.253 e. The highest BCUT2D eigenvalue weighted by Gasteiger charge is 2.21. The van der Waals surface area contributed by atoms with E-state index in [9.17, 15) is 4.79 Å². The molecule has 0 unspecified atom stereocenters. The van der Waals surface area contributed by atoms with Crippen molar-refractivity contribution in [2.75, 3.05) is 65.4 Å². The number of nitrogens with zero attached hydrogens (tertiary/aromatic N) is 4.